The number of hydrogen-bond donors (Lipinski definition) is 0. The molecule has 1 spiro atoms. The van der Waals surface area contributed by atoms with Crippen LogP contribution in [0.1, 0.15) is 29.8 Å². The summed E-state index contributed by atoms with van der Waals surface area (Å²) >= 11 is 0. The Labute approximate surface area is 182 Å². The predicted molar refractivity (Wildman–Crippen MR) is 117 cm³/mol. The van der Waals surface area contributed by atoms with Crippen LogP contribution in [0.2, 0.25) is 0 Å². The van der Waals surface area contributed by atoms with Crippen molar-refractivity contribution in [2.24, 2.45) is 0 Å². The van der Waals surface area contributed by atoms with Gasteiger partial charge in [-0.25, -0.2) is 4.98 Å². The molecule has 0 aliphatic carbocycles. The number of benzene rings is 2. The second-order valence-corrected chi connectivity index (χ2v) is 8.94. The third-order valence-electron chi connectivity index (χ3n) is 6.89. The summed E-state index contributed by atoms with van der Waals surface area (Å²) in [6.45, 7) is 6.78. The fourth-order valence-corrected chi connectivity index (χ4v) is 5.14. The standard InChI is InChI=1S/C25H27N3O3/c1-18-2-5-20(6-3-18)21-13-26-24-15-29-16-25(28(21)24)8-10-27(11-9-25)14-19-4-7-22-23(12-19)31-17-30-22/h2-7,12-13H,8-11,14-17H2,1H3. The summed E-state index contributed by atoms with van der Waals surface area (Å²) in [6, 6.07) is 15.0. The molecule has 4 heterocycles. The molecule has 0 saturated carbocycles. The van der Waals surface area contributed by atoms with Gasteiger partial charge in [0.25, 0.3) is 0 Å². The second-order valence-electron chi connectivity index (χ2n) is 8.94. The Bertz CT molecular complexity index is 1100. The van der Waals surface area contributed by atoms with Gasteiger partial charge in [-0.05, 0) is 43.0 Å². The highest BCUT2D eigenvalue weighted by molar-refractivity contribution is 5.60. The van der Waals surface area contributed by atoms with Crippen LogP contribution in [-0.4, -0.2) is 40.9 Å². The van der Waals surface area contributed by atoms with E-state index in [1.807, 2.05) is 12.3 Å². The van der Waals surface area contributed by atoms with E-state index in [-0.39, 0.29) is 5.54 Å². The summed E-state index contributed by atoms with van der Waals surface area (Å²) in [5.74, 6) is 2.75. The number of nitrogens with zero attached hydrogens (tertiary/aromatic N) is 3. The minimum atomic E-state index is -0.0182. The average molecular weight is 418 g/mol. The van der Waals surface area contributed by atoms with Gasteiger partial charge in [-0.2, -0.15) is 0 Å². The van der Waals surface area contributed by atoms with Gasteiger partial charge in [-0.3, -0.25) is 4.90 Å². The predicted octanol–water partition coefficient (Wildman–Crippen LogP) is 4.11. The molecular formula is C25H27N3O3. The fraction of sp³-hybridized carbons (Fsp3) is 0.400. The van der Waals surface area contributed by atoms with Crippen LogP contribution in [0.5, 0.6) is 11.5 Å². The lowest BCUT2D eigenvalue weighted by molar-refractivity contribution is -0.0315. The van der Waals surface area contributed by atoms with Gasteiger partial charge in [0.15, 0.2) is 11.5 Å². The van der Waals surface area contributed by atoms with Crippen molar-refractivity contribution >= 4 is 0 Å². The van der Waals surface area contributed by atoms with E-state index in [4.69, 9.17) is 19.2 Å². The van der Waals surface area contributed by atoms with Crippen molar-refractivity contribution in [3.8, 4) is 22.8 Å². The number of aryl methyl sites for hydroxylation is 1. The molecule has 1 aromatic heterocycles. The van der Waals surface area contributed by atoms with Crippen LogP contribution in [0.3, 0.4) is 0 Å². The fourth-order valence-electron chi connectivity index (χ4n) is 5.14. The van der Waals surface area contributed by atoms with Gasteiger partial charge in [0.1, 0.15) is 12.4 Å². The molecule has 160 valence electrons. The smallest absolute Gasteiger partial charge is 0.231 e. The molecule has 3 aliphatic heterocycles. The van der Waals surface area contributed by atoms with Crippen LogP contribution in [0.15, 0.2) is 48.7 Å². The SMILES string of the molecule is Cc1ccc(-c2cnc3n2C2(CCN(Cc4ccc5c(c4)OCO5)CC2)COC3)cc1. The number of likely N-dealkylation sites (tertiary alicyclic amines) is 1. The van der Waals surface area contributed by atoms with Gasteiger partial charge in [0, 0.05) is 19.6 Å². The Morgan fingerprint density at radius 3 is 2.65 bits per heavy atom. The quantitative estimate of drug-likeness (QED) is 0.642. The Kier molecular flexibility index (Phi) is 4.51. The van der Waals surface area contributed by atoms with Gasteiger partial charge < -0.3 is 18.8 Å². The van der Waals surface area contributed by atoms with E-state index in [2.05, 4.69) is 52.8 Å². The molecule has 0 unspecified atom stereocenters. The van der Waals surface area contributed by atoms with E-state index >= 15 is 0 Å². The van der Waals surface area contributed by atoms with Gasteiger partial charge in [0.2, 0.25) is 6.79 Å². The van der Waals surface area contributed by atoms with Crippen molar-refractivity contribution in [2.45, 2.75) is 38.5 Å². The lowest BCUT2D eigenvalue weighted by atomic mass is 9.86. The Morgan fingerprint density at radius 2 is 1.81 bits per heavy atom. The van der Waals surface area contributed by atoms with Crippen molar-refractivity contribution in [1.29, 1.82) is 0 Å². The second kappa shape index (κ2) is 7.39. The Hall–Kier alpha value is -2.83. The zero-order chi connectivity index (χ0) is 20.8. The lowest BCUT2D eigenvalue weighted by Crippen LogP contribution is -2.51. The van der Waals surface area contributed by atoms with Crippen molar-refractivity contribution in [3.63, 3.8) is 0 Å². The topological polar surface area (TPSA) is 48.8 Å². The molecule has 2 aromatic carbocycles. The first kappa shape index (κ1) is 18.9. The Morgan fingerprint density at radius 1 is 1.00 bits per heavy atom. The van der Waals surface area contributed by atoms with Crippen molar-refractivity contribution < 1.29 is 14.2 Å². The minimum absolute atomic E-state index is 0.0182. The first-order chi connectivity index (χ1) is 15.2. The summed E-state index contributed by atoms with van der Waals surface area (Å²) in [6.07, 6.45) is 4.13. The van der Waals surface area contributed by atoms with Crippen molar-refractivity contribution in [3.05, 3.63) is 65.6 Å². The average Bonchev–Trinajstić information content (AvgIpc) is 3.44. The monoisotopic (exact) mass is 417 g/mol. The van der Waals surface area contributed by atoms with Crippen LogP contribution in [0.4, 0.5) is 0 Å². The molecule has 6 heteroatoms. The number of hydrogen-bond acceptors (Lipinski definition) is 5. The summed E-state index contributed by atoms with van der Waals surface area (Å²) in [7, 11) is 0. The molecule has 31 heavy (non-hydrogen) atoms. The van der Waals surface area contributed by atoms with E-state index in [9.17, 15) is 0 Å². The molecule has 1 fully saturated rings. The summed E-state index contributed by atoms with van der Waals surface area (Å²) < 4.78 is 19.5. The number of aromatic nitrogens is 2. The van der Waals surface area contributed by atoms with Crippen molar-refractivity contribution in [2.75, 3.05) is 26.5 Å². The van der Waals surface area contributed by atoms with Gasteiger partial charge in [-0.1, -0.05) is 35.9 Å². The zero-order valence-corrected chi connectivity index (χ0v) is 17.8. The maximum atomic E-state index is 6.03. The maximum absolute atomic E-state index is 6.03. The highest BCUT2D eigenvalue weighted by atomic mass is 16.7. The number of piperidine rings is 1. The molecule has 0 amide bonds. The number of rotatable bonds is 3. The van der Waals surface area contributed by atoms with Crippen LogP contribution >= 0.6 is 0 Å². The highest BCUT2D eigenvalue weighted by Crippen LogP contribution is 2.40. The Balaban J connectivity index is 1.23. The van der Waals surface area contributed by atoms with Crippen molar-refractivity contribution in [1.82, 2.24) is 14.5 Å². The molecule has 6 rings (SSSR count). The van der Waals surface area contributed by atoms with Crippen LogP contribution in [0, 0.1) is 6.92 Å². The minimum Gasteiger partial charge on any atom is -0.454 e. The number of fused-ring (bicyclic) bond motifs is 3. The molecule has 6 nitrogen and oxygen atoms in total. The molecule has 0 radical (unpaired) electrons. The molecule has 3 aliphatic rings. The molecule has 1 saturated heterocycles. The third-order valence-corrected chi connectivity index (χ3v) is 6.89. The molecule has 3 aromatic rings. The van der Waals surface area contributed by atoms with E-state index < -0.39 is 0 Å². The first-order valence-corrected chi connectivity index (χ1v) is 11.0. The summed E-state index contributed by atoms with van der Waals surface area (Å²) in [5, 5.41) is 0. The largest absolute Gasteiger partial charge is 0.454 e. The lowest BCUT2D eigenvalue weighted by Gasteiger charge is -2.46. The van der Waals surface area contributed by atoms with Gasteiger partial charge in [0.05, 0.1) is 24.0 Å². The maximum Gasteiger partial charge on any atom is 0.231 e. The summed E-state index contributed by atoms with van der Waals surface area (Å²) in [5.41, 5.74) is 4.96. The number of ether oxygens (including phenoxy) is 3. The third kappa shape index (κ3) is 3.30. The molecule has 0 N–H and O–H groups in total. The molecule has 0 bridgehead atoms. The first-order valence-electron chi connectivity index (χ1n) is 11.0. The zero-order valence-electron chi connectivity index (χ0n) is 17.8. The van der Waals surface area contributed by atoms with Crippen LogP contribution in [-0.2, 0) is 23.4 Å². The van der Waals surface area contributed by atoms with E-state index in [1.165, 1.54) is 22.4 Å². The number of imidazole rings is 1. The molecular weight excluding hydrogens is 390 g/mol. The van der Waals surface area contributed by atoms with E-state index in [1.54, 1.807) is 0 Å². The van der Waals surface area contributed by atoms with E-state index in [0.717, 1.165) is 56.4 Å². The van der Waals surface area contributed by atoms with Gasteiger partial charge in [-0.15, -0.1) is 0 Å². The van der Waals surface area contributed by atoms with Gasteiger partial charge >= 0.3 is 0 Å². The van der Waals surface area contributed by atoms with Crippen LogP contribution < -0.4 is 9.47 Å². The normalized spacial score (nSPS) is 19.5. The van der Waals surface area contributed by atoms with Crippen LogP contribution in [0.25, 0.3) is 11.3 Å². The highest BCUT2D eigenvalue weighted by Gasteiger charge is 2.42. The molecule has 0 atom stereocenters. The summed E-state index contributed by atoms with van der Waals surface area (Å²) in [4.78, 5) is 7.25. The van der Waals surface area contributed by atoms with E-state index in [0.29, 0.717) is 13.4 Å².